The van der Waals surface area contributed by atoms with Gasteiger partial charge in [-0.25, -0.2) is 4.39 Å². The van der Waals surface area contributed by atoms with Crippen molar-refractivity contribution >= 4 is 27.5 Å². The predicted octanol–water partition coefficient (Wildman–Crippen LogP) is 2.28. The van der Waals surface area contributed by atoms with Gasteiger partial charge in [-0.05, 0) is 47.0 Å². The first-order valence-corrected chi connectivity index (χ1v) is 6.91. The molecule has 1 fully saturated rings. The van der Waals surface area contributed by atoms with Crippen molar-refractivity contribution in [3.63, 3.8) is 0 Å². The minimum Gasteiger partial charge on any atom is -0.381 e. The number of nitrogens with two attached hydrogens (primary N) is 1. The average molecular weight is 331 g/mol. The van der Waals surface area contributed by atoms with Crippen molar-refractivity contribution < 1.29 is 13.9 Å². The minimum absolute atomic E-state index is 0.176. The van der Waals surface area contributed by atoms with E-state index < -0.39 is 11.2 Å². The highest BCUT2D eigenvalue weighted by molar-refractivity contribution is 9.10. The molecular formula is C13H16BrFN2O2. The van der Waals surface area contributed by atoms with Crippen LogP contribution in [0.5, 0.6) is 0 Å². The number of hydrogen-bond donors (Lipinski definition) is 2. The Morgan fingerprint density at radius 2 is 2.16 bits per heavy atom. The van der Waals surface area contributed by atoms with Gasteiger partial charge in [-0.2, -0.15) is 0 Å². The van der Waals surface area contributed by atoms with Gasteiger partial charge in [0.25, 0.3) is 0 Å². The van der Waals surface area contributed by atoms with Gasteiger partial charge >= 0.3 is 0 Å². The van der Waals surface area contributed by atoms with Gasteiger partial charge in [0.2, 0.25) is 5.91 Å². The Kier molecular flexibility index (Phi) is 4.54. The summed E-state index contributed by atoms with van der Waals surface area (Å²) >= 11 is 3.29. The van der Waals surface area contributed by atoms with Gasteiger partial charge in [-0.1, -0.05) is 0 Å². The fraction of sp³-hybridized carbons (Fsp3) is 0.462. The topological polar surface area (TPSA) is 64.4 Å². The van der Waals surface area contributed by atoms with Crippen LogP contribution in [-0.4, -0.2) is 25.7 Å². The maximum Gasteiger partial charge on any atom is 0.232 e. The Hall–Kier alpha value is -0.980. The number of rotatable bonds is 3. The van der Waals surface area contributed by atoms with Gasteiger partial charge in [0.15, 0.2) is 0 Å². The van der Waals surface area contributed by atoms with Crippen LogP contribution < -0.4 is 11.1 Å². The molecule has 6 heteroatoms. The molecule has 0 unspecified atom stereocenters. The largest absolute Gasteiger partial charge is 0.381 e. The number of nitrogens with one attached hydrogen (secondary N) is 1. The van der Waals surface area contributed by atoms with E-state index in [-0.39, 0.29) is 12.5 Å². The monoisotopic (exact) mass is 330 g/mol. The molecule has 1 aliphatic heterocycles. The number of amides is 1. The van der Waals surface area contributed by atoms with Crippen LogP contribution in [0.4, 0.5) is 10.1 Å². The molecular weight excluding hydrogens is 315 g/mol. The summed E-state index contributed by atoms with van der Waals surface area (Å²) in [5.74, 6) is -0.572. The first-order valence-electron chi connectivity index (χ1n) is 6.12. The first kappa shape index (κ1) is 14.4. The highest BCUT2D eigenvalue weighted by Crippen LogP contribution is 2.32. The van der Waals surface area contributed by atoms with Gasteiger partial charge in [0.1, 0.15) is 5.82 Å². The summed E-state index contributed by atoms with van der Waals surface area (Å²) in [4.78, 5) is 12.4. The van der Waals surface area contributed by atoms with Crippen LogP contribution >= 0.6 is 15.9 Å². The summed E-state index contributed by atoms with van der Waals surface area (Å²) in [6.07, 6.45) is 1.17. The van der Waals surface area contributed by atoms with E-state index in [4.69, 9.17) is 10.5 Å². The number of ether oxygens (including phenoxy) is 1. The predicted molar refractivity (Wildman–Crippen MR) is 74.3 cm³/mol. The number of anilines is 1. The molecule has 104 valence electrons. The molecule has 1 aromatic carbocycles. The molecule has 1 aliphatic rings. The highest BCUT2D eigenvalue weighted by atomic mass is 79.9. The average Bonchev–Trinajstić information content (AvgIpc) is 2.43. The highest BCUT2D eigenvalue weighted by Gasteiger charge is 2.38. The van der Waals surface area contributed by atoms with Crippen LogP contribution in [0.25, 0.3) is 0 Å². The Morgan fingerprint density at radius 1 is 1.47 bits per heavy atom. The second kappa shape index (κ2) is 5.98. The van der Waals surface area contributed by atoms with Gasteiger partial charge in [0.05, 0.1) is 11.1 Å². The fourth-order valence-corrected chi connectivity index (χ4v) is 2.48. The zero-order valence-corrected chi connectivity index (χ0v) is 12.0. The molecule has 0 saturated carbocycles. The fourth-order valence-electron chi connectivity index (χ4n) is 2.13. The summed E-state index contributed by atoms with van der Waals surface area (Å²) < 4.78 is 19.1. The van der Waals surface area contributed by atoms with E-state index in [1.807, 2.05) is 0 Å². The smallest absolute Gasteiger partial charge is 0.232 e. The molecule has 19 heavy (non-hydrogen) atoms. The Labute approximate surface area is 119 Å². The van der Waals surface area contributed by atoms with Gasteiger partial charge in [-0.15, -0.1) is 0 Å². The van der Waals surface area contributed by atoms with E-state index in [2.05, 4.69) is 21.2 Å². The number of halogens is 2. The molecule has 0 aliphatic carbocycles. The third kappa shape index (κ3) is 3.13. The van der Waals surface area contributed by atoms with Crippen LogP contribution in [0.1, 0.15) is 12.8 Å². The Balaban J connectivity index is 2.17. The normalized spacial score (nSPS) is 18.1. The van der Waals surface area contributed by atoms with E-state index >= 15 is 0 Å². The lowest BCUT2D eigenvalue weighted by molar-refractivity contribution is -0.130. The molecule has 1 saturated heterocycles. The van der Waals surface area contributed by atoms with Crippen molar-refractivity contribution in [1.29, 1.82) is 0 Å². The van der Waals surface area contributed by atoms with Gasteiger partial charge in [0, 0.05) is 24.2 Å². The van der Waals surface area contributed by atoms with Crippen LogP contribution in [0.3, 0.4) is 0 Å². The van der Waals surface area contributed by atoms with E-state index in [1.54, 1.807) is 6.07 Å². The molecule has 0 bridgehead atoms. The SMILES string of the molecule is NCC1(C(=O)Nc2cc(F)ccc2Br)CCOCC1. The summed E-state index contributed by atoms with van der Waals surface area (Å²) in [6.45, 7) is 1.30. The quantitative estimate of drug-likeness (QED) is 0.893. The lowest BCUT2D eigenvalue weighted by Crippen LogP contribution is -2.46. The van der Waals surface area contributed by atoms with Gasteiger partial charge in [-0.3, -0.25) is 4.79 Å². The third-order valence-corrected chi connectivity index (χ3v) is 4.19. The van der Waals surface area contributed by atoms with Gasteiger partial charge < -0.3 is 15.8 Å². The molecule has 4 nitrogen and oxygen atoms in total. The maximum atomic E-state index is 13.2. The maximum absolute atomic E-state index is 13.2. The molecule has 0 aromatic heterocycles. The zero-order chi connectivity index (χ0) is 13.9. The molecule has 1 heterocycles. The van der Waals surface area contributed by atoms with Crippen molar-refractivity contribution in [2.45, 2.75) is 12.8 Å². The summed E-state index contributed by atoms with van der Waals surface area (Å²) in [5, 5.41) is 2.75. The van der Waals surface area contributed by atoms with E-state index in [9.17, 15) is 9.18 Å². The number of hydrogen-bond acceptors (Lipinski definition) is 3. The second-order valence-electron chi connectivity index (χ2n) is 4.68. The minimum atomic E-state index is -0.621. The van der Waals surface area contributed by atoms with E-state index in [0.29, 0.717) is 36.2 Å². The molecule has 0 spiro atoms. The number of carbonyl (C=O) groups excluding carboxylic acids is 1. The Bertz CT molecular complexity index is 476. The molecule has 2 rings (SSSR count). The lowest BCUT2D eigenvalue weighted by atomic mass is 9.79. The van der Waals surface area contributed by atoms with Crippen LogP contribution in [-0.2, 0) is 9.53 Å². The molecule has 0 atom stereocenters. The van der Waals surface area contributed by atoms with Crippen molar-refractivity contribution in [3.05, 3.63) is 28.5 Å². The van der Waals surface area contributed by atoms with Crippen molar-refractivity contribution in [2.24, 2.45) is 11.1 Å². The zero-order valence-electron chi connectivity index (χ0n) is 10.4. The lowest BCUT2D eigenvalue weighted by Gasteiger charge is -2.34. The van der Waals surface area contributed by atoms with Crippen molar-refractivity contribution in [1.82, 2.24) is 0 Å². The third-order valence-electron chi connectivity index (χ3n) is 3.50. The molecule has 1 aromatic rings. The molecule has 1 amide bonds. The standard InChI is InChI=1S/C13H16BrFN2O2/c14-10-2-1-9(15)7-11(10)17-12(18)13(8-16)3-5-19-6-4-13/h1-2,7H,3-6,8,16H2,(H,17,18). The van der Waals surface area contributed by atoms with Crippen LogP contribution in [0, 0.1) is 11.2 Å². The van der Waals surface area contributed by atoms with Crippen LogP contribution in [0.2, 0.25) is 0 Å². The molecule has 0 radical (unpaired) electrons. The Morgan fingerprint density at radius 3 is 2.79 bits per heavy atom. The second-order valence-corrected chi connectivity index (χ2v) is 5.53. The summed E-state index contributed by atoms with van der Waals surface area (Å²) in [5.41, 5.74) is 5.56. The van der Waals surface area contributed by atoms with Crippen LogP contribution in [0.15, 0.2) is 22.7 Å². The van der Waals surface area contributed by atoms with E-state index in [1.165, 1.54) is 12.1 Å². The number of benzene rings is 1. The first-order chi connectivity index (χ1) is 9.07. The summed E-state index contributed by atoms with van der Waals surface area (Å²) in [6, 6.07) is 4.17. The number of carbonyl (C=O) groups is 1. The van der Waals surface area contributed by atoms with Crippen molar-refractivity contribution in [2.75, 3.05) is 25.1 Å². The van der Waals surface area contributed by atoms with Crippen molar-refractivity contribution in [3.8, 4) is 0 Å². The van der Waals surface area contributed by atoms with E-state index in [0.717, 1.165) is 0 Å². The summed E-state index contributed by atoms with van der Waals surface area (Å²) in [7, 11) is 0. The molecule has 3 N–H and O–H groups in total.